The number of aromatic nitrogens is 1. The summed E-state index contributed by atoms with van der Waals surface area (Å²) in [6.45, 7) is 6.81. The molecule has 1 unspecified atom stereocenters. The van der Waals surface area contributed by atoms with E-state index >= 15 is 0 Å². The van der Waals surface area contributed by atoms with Gasteiger partial charge in [0.25, 0.3) is 11.5 Å². The fourth-order valence-electron chi connectivity index (χ4n) is 3.55. The fourth-order valence-corrected chi connectivity index (χ4v) is 3.55. The van der Waals surface area contributed by atoms with Crippen LogP contribution in [0.5, 0.6) is 0 Å². The molecule has 7 heteroatoms. The van der Waals surface area contributed by atoms with Crippen LogP contribution in [0.3, 0.4) is 0 Å². The van der Waals surface area contributed by atoms with Gasteiger partial charge in [-0.3, -0.25) is 14.4 Å². The van der Waals surface area contributed by atoms with Crippen LogP contribution in [0, 0.1) is 12.8 Å². The maximum Gasteiger partial charge on any atom is 0.263 e. The van der Waals surface area contributed by atoms with E-state index in [2.05, 4.69) is 10.6 Å². The monoisotopic (exact) mass is 411 g/mol. The van der Waals surface area contributed by atoms with Crippen molar-refractivity contribution >= 4 is 23.2 Å². The molecule has 2 amide bonds. The Morgan fingerprint density at radius 3 is 2.50 bits per heavy atom. The van der Waals surface area contributed by atoms with Crippen LogP contribution in [0.4, 0.5) is 11.4 Å². The zero-order valence-corrected chi connectivity index (χ0v) is 17.7. The molecule has 1 aromatic heterocycles. The summed E-state index contributed by atoms with van der Waals surface area (Å²) in [5.74, 6) is -0.396. The standard InChI is InChI=1S/C23H29N3O4/c1-15(2)13-20(27)24-18-8-4-5-9-19(18)25-22(28)21-16(3)10-11-26(23(21)29)14-17-7-6-12-30-17/h4-5,8-11,15,17H,6-7,12-14H2,1-3H3,(H,24,27)(H,25,28). The molecule has 0 spiro atoms. The number of para-hydroxylation sites is 2. The topological polar surface area (TPSA) is 89.4 Å². The summed E-state index contributed by atoms with van der Waals surface area (Å²) < 4.78 is 7.15. The van der Waals surface area contributed by atoms with Crippen LogP contribution in [-0.4, -0.2) is 29.1 Å². The number of hydrogen-bond donors (Lipinski definition) is 2. The smallest absolute Gasteiger partial charge is 0.263 e. The Hall–Kier alpha value is -2.93. The molecule has 1 fully saturated rings. The van der Waals surface area contributed by atoms with Gasteiger partial charge in [-0.2, -0.15) is 0 Å². The van der Waals surface area contributed by atoms with Gasteiger partial charge in [-0.25, -0.2) is 0 Å². The van der Waals surface area contributed by atoms with Crippen molar-refractivity contribution in [2.75, 3.05) is 17.2 Å². The Kier molecular flexibility index (Phi) is 7.05. The number of aryl methyl sites for hydroxylation is 1. The Morgan fingerprint density at radius 2 is 1.87 bits per heavy atom. The van der Waals surface area contributed by atoms with Crippen LogP contribution in [0.1, 0.15) is 49.0 Å². The first kappa shape index (κ1) is 21.8. The molecule has 2 N–H and O–H groups in total. The molecule has 160 valence electrons. The molecule has 1 aliphatic heterocycles. The highest BCUT2D eigenvalue weighted by atomic mass is 16.5. The molecule has 7 nitrogen and oxygen atoms in total. The number of rotatable bonds is 7. The summed E-state index contributed by atoms with van der Waals surface area (Å²) in [5.41, 5.74) is 1.31. The van der Waals surface area contributed by atoms with Gasteiger partial charge in [-0.15, -0.1) is 0 Å². The lowest BCUT2D eigenvalue weighted by molar-refractivity contribution is -0.116. The van der Waals surface area contributed by atoms with Crippen LogP contribution >= 0.6 is 0 Å². The first-order chi connectivity index (χ1) is 14.3. The third kappa shape index (κ3) is 5.36. The van der Waals surface area contributed by atoms with E-state index in [-0.39, 0.29) is 29.1 Å². The molecule has 1 saturated heterocycles. The van der Waals surface area contributed by atoms with Gasteiger partial charge in [-0.1, -0.05) is 26.0 Å². The van der Waals surface area contributed by atoms with Gasteiger partial charge in [-0.05, 0) is 49.4 Å². The van der Waals surface area contributed by atoms with E-state index < -0.39 is 5.91 Å². The third-order valence-electron chi connectivity index (χ3n) is 5.07. The number of carbonyl (C=O) groups excluding carboxylic acids is 2. The average Bonchev–Trinajstić information content (AvgIpc) is 3.18. The summed E-state index contributed by atoms with van der Waals surface area (Å²) in [7, 11) is 0. The maximum atomic E-state index is 13.0. The Balaban J connectivity index is 1.81. The maximum absolute atomic E-state index is 13.0. The third-order valence-corrected chi connectivity index (χ3v) is 5.07. The highest BCUT2D eigenvalue weighted by Crippen LogP contribution is 2.22. The van der Waals surface area contributed by atoms with Crippen LogP contribution in [-0.2, 0) is 16.1 Å². The molecular formula is C23H29N3O4. The molecule has 0 radical (unpaired) electrons. The lowest BCUT2D eigenvalue weighted by Gasteiger charge is -2.16. The van der Waals surface area contributed by atoms with Gasteiger partial charge in [0.05, 0.1) is 24.0 Å². The van der Waals surface area contributed by atoms with Crippen molar-refractivity contribution in [3.63, 3.8) is 0 Å². The van der Waals surface area contributed by atoms with Gasteiger partial charge in [0, 0.05) is 19.2 Å². The predicted molar refractivity (Wildman–Crippen MR) is 117 cm³/mol. The van der Waals surface area contributed by atoms with Crippen molar-refractivity contribution in [2.45, 2.75) is 52.7 Å². The second-order valence-corrected chi connectivity index (χ2v) is 8.11. The van der Waals surface area contributed by atoms with Crippen LogP contribution in [0.2, 0.25) is 0 Å². The van der Waals surface area contributed by atoms with Crippen molar-refractivity contribution in [1.29, 1.82) is 0 Å². The van der Waals surface area contributed by atoms with Crippen molar-refractivity contribution < 1.29 is 14.3 Å². The predicted octanol–water partition coefficient (Wildman–Crippen LogP) is 3.57. The number of nitrogens with one attached hydrogen (secondary N) is 2. The van der Waals surface area contributed by atoms with Gasteiger partial charge in [0.2, 0.25) is 5.91 Å². The number of carbonyl (C=O) groups is 2. The lowest BCUT2D eigenvalue weighted by atomic mass is 10.1. The summed E-state index contributed by atoms with van der Waals surface area (Å²) >= 11 is 0. The van der Waals surface area contributed by atoms with Gasteiger partial charge in [0.15, 0.2) is 0 Å². The molecule has 2 aromatic rings. The van der Waals surface area contributed by atoms with Gasteiger partial charge >= 0.3 is 0 Å². The van der Waals surface area contributed by atoms with E-state index in [1.807, 2.05) is 13.8 Å². The molecule has 3 rings (SSSR count). The molecular weight excluding hydrogens is 382 g/mol. The summed E-state index contributed by atoms with van der Waals surface area (Å²) in [4.78, 5) is 38.1. The number of anilines is 2. The van der Waals surface area contributed by atoms with Crippen LogP contribution in [0.15, 0.2) is 41.3 Å². The second-order valence-electron chi connectivity index (χ2n) is 8.11. The van der Waals surface area contributed by atoms with Crippen molar-refractivity contribution in [1.82, 2.24) is 4.57 Å². The lowest BCUT2D eigenvalue weighted by Crippen LogP contribution is -2.33. The largest absolute Gasteiger partial charge is 0.376 e. The zero-order chi connectivity index (χ0) is 21.7. The number of pyridine rings is 1. The number of nitrogens with zero attached hydrogens (tertiary/aromatic N) is 1. The zero-order valence-electron chi connectivity index (χ0n) is 17.7. The Bertz CT molecular complexity index is 975. The van der Waals surface area contributed by atoms with E-state index in [1.165, 1.54) is 4.57 Å². The van der Waals surface area contributed by atoms with E-state index in [9.17, 15) is 14.4 Å². The average molecular weight is 412 g/mol. The molecule has 0 aliphatic carbocycles. The minimum atomic E-state index is -0.496. The van der Waals surface area contributed by atoms with E-state index in [0.29, 0.717) is 36.5 Å². The van der Waals surface area contributed by atoms with Crippen molar-refractivity contribution in [2.24, 2.45) is 5.92 Å². The summed E-state index contributed by atoms with van der Waals surface area (Å²) in [6, 6.07) is 8.74. The number of benzene rings is 1. The highest BCUT2D eigenvalue weighted by Gasteiger charge is 2.21. The van der Waals surface area contributed by atoms with E-state index in [0.717, 1.165) is 12.8 Å². The fraction of sp³-hybridized carbons (Fsp3) is 0.435. The summed E-state index contributed by atoms with van der Waals surface area (Å²) in [5, 5.41) is 5.62. The first-order valence-electron chi connectivity index (χ1n) is 10.4. The van der Waals surface area contributed by atoms with E-state index in [4.69, 9.17) is 4.74 Å². The van der Waals surface area contributed by atoms with Crippen molar-refractivity contribution in [3.05, 3.63) is 58.0 Å². The second kappa shape index (κ2) is 9.71. The molecule has 0 saturated carbocycles. The van der Waals surface area contributed by atoms with E-state index in [1.54, 1.807) is 43.5 Å². The Morgan fingerprint density at radius 1 is 1.17 bits per heavy atom. The highest BCUT2D eigenvalue weighted by molar-refractivity contribution is 6.07. The van der Waals surface area contributed by atoms with Crippen LogP contribution in [0.25, 0.3) is 0 Å². The normalized spacial score (nSPS) is 15.9. The Labute approximate surface area is 176 Å². The SMILES string of the molecule is Cc1ccn(CC2CCCO2)c(=O)c1C(=O)Nc1ccccc1NC(=O)CC(C)C. The van der Waals surface area contributed by atoms with Gasteiger partial charge < -0.3 is 19.9 Å². The van der Waals surface area contributed by atoms with Gasteiger partial charge in [0.1, 0.15) is 5.56 Å². The molecule has 1 atom stereocenters. The summed E-state index contributed by atoms with van der Waals surface area (Å²) in [6.07, 6.45) is 3.98. The first-order valence-corrected chi connectivity index (χ1v) is 10.4. The molecule has 30 heavy (non-hydrogen) atoms. The molecule has 1 aromatic carbocycles. The molecule has 2 heterocycles. The number of amides is 2. The molecule has 1 aliphatic rings. The minimum Gasteiger partial charge on any atom is -0.376 e. The molecule has 0 bridgehead atoms. The van der Waals surface area contributed by atoms with Crippen LogP contribution < -0.4 is 16.2 Å². The quantitative estimate of drug-likeness (QED) is 0.729. The minimum absolute atomic E-state index is 0.00165. The van der Waals surface area contributed by atoms with Crippen molar-refractivity contribution in [3.8, 4) is 0 Å². The number of ether oxygens (including phenoxy) is 1. The number of hydrogen-bond acceptors (Lipinski definition) is 4.